The highest BCUT2D eigenvalue weighted by molar-refractivity contribution is 7.92. The highest BCUT2D eigenvalue weighted by Gasteiger charge is 2.31. The second-order valence-electron chi connectivity index (χ2n) is 5.12. The molecular formula is C11H21NO2S. The molecule has 3 nitrogen and oxygen atoms in total. The molecule has 2 fully saturated rings. The van der Waals surface area contributed by atoms with Gasteiger partial charge in [-0.1, -0.05) is 12.8 Å². The first kappa shape index (κ1) is 11.4. The minimum Gasteiger partial charge on any atom is -0.313 e. The summed E-state index contributed by atoms with van der Waals surface area (Å²) in [5, 5.41) is 3.26. The second kappa shape index (κ2) is 4.42. The summed E-state index contributed by atoms with van der Waals surface area (Å²) in [5.41, 5.74) is 0. The first-order valence-electron chi connectivity index (χ1n) is 6.03. The SMILES string of the molecule is CC(CC1CC1)NCC1CCCS1(=O)=O. The maximum absolute atomic E-state index is 11.6. The summed E-state index contributed by atoms with van der Waals surface area (Å²) in [5.74, 6) is 1.31. The van der Waals surface area contributed by atoms with Gasteiger partial charge in [-0.15, -0.1) is 0 Å². The van der Waals surface area contributed by atoms with Crippen LogP contribution in [-0.2, 0) is 9.84 Å². The van der Waals surface area contributed by atoms with Gasteiger partial charge in [-0.05, 0) is 32.1 Å². The molecule has 0 aromatic carbocycles. The largest absolute Gasteiger partial charge is 0.313 e. The monoisotopic (exact) mass is 231 g/mol. The van der Waals surface area contributed by atoms with Gasteiger partial charge in [-0.3, -0.25) is 0 Å². The van der Waals surface area contributed by atoms with Gasteiger partial charge < -0.3 is 5.32 Å². The molecule has 0 radical (unpaired) electrons. The lowest BCUT2D eigenvalue weighted by molar-refractivity contribution is 0.478. The Hall–Kier alpha value is -0.0900. The summed E-state index contributed by atoms with van der Waals surface area (Å²) in [4.78, 5) is 0. The number of rotatable bonds is 5. The molecule has 15 heavy (non-hydrogen) atoms. The molecule has 2 atom stereocenters. The fraction of sp³-hybridized carbons (Fsp3) is 1.00. The van der Waals surface area contributed by atoms with Gasteiger partial charge in [0.1, 0.15) is 0 Å². The normalized spacial score (nSPS) is 31.7. The summed E-state index contributed by atoms with van der Waals surface area (Å²) >= 11 is 0. The maximum atomic E-state index is 11.6. The lowest BCUT2D eigenvalue weighted by Crippen LogP contribution is -2.36. The van der Waals surface area contributed by atoms with Crippen molar-refractivity contribution in [2.75, 3.05) is 12.3 Å². The van der Waals surface area contributed by atoms with Crippen molar-refractivity contribution in [3.63, 3.8) is 0 Å². The minimum absolute atomic E-state index is 0.112. The molecule has 2 unspecified atom stereocenters. The van der Waals surface area contributed by atoms with Gasteiger partial charge in [-0.25, -0.2) is 8.42 Å². The average molecular weight is 231 g/mol. The van der Waals surface area contributed by atoms with E-state index in [0.717, 1.165) is 18.8 Å². The standard InChI is InChI=1S/C11H21NO2S/c1-9(7-10-4-5-10)12-8-11-3-2-6-15(11,13)14/h9-12H,2-8H2,1H3. The molecule has 4 heteroatoms. The van der Waals surface area contributed by atoms with Gasteiger partial charge in [0.05, 0.1) is 11.0 Å². The molecule has 1 saturated carbocycles. The van der Waals surface area contributed by atoms with E-state index in [4.69, 9.17) is 0 Å². The zero-order chi connectivity index (χ0) is 10.9. The third-order valence-electron chi connectivity index (χ3n) is 3.54. The van der Waals surface area contributed by atoms with Crippen LogP contribution in [0.2, 0.25) is 0 Å². The van der Waals surface area contributed by atoms with E-state index in [9.17, 15) is 8.42 Å². The number of hydrogen-bond donors (Lipinski definition) is 1. The van der Waals surface area contributed by atoms with Gasteiger partial charge >= 0.3 is 0 Å². The predicted octanol–water partition coefficient (Wildman–Crippen LogP) is 1.34. The lowest BCUT2D eigenvalue weighted by Gasteiger charge is -2.16. The third kappa shape index (κ3) is 3.18. The molecule has 0 bridgehead atoms. The fourth-order valence-electron chi connectivity index (χ4n) is 2.36. The molecule has 0 aromatic heterocycles. The summed E-state index contributed by atoms with van der Waals surface area (Å²) in [6.45, 7) is 2.83. The average Bonchev–Trinajstić information content (AvgIpc) is 2.88. The molecule has 0 amide bonds. The van der Waals surface area contributed by atoms with Crippen LogP contribution in [0.3, 0.4) is 0 Å². The molecule has 2 aliphatic rings. The summed E-state index contributed by atoms with van der Waals surface area (Å²) in [6, 6.07) is 0.480. The van der Waals surface area contributed by atoms with Gasteiger partial charge in [-0.2, -0.15) is 0 Å². The van der Waals surface area contributed by atoms with Crippen molar-refractivity contribution in [2.24, 2.45) is 5.92 Å². The van der Waals surface area contributed by atoms with Gasteiger partial charge in [0.2, 0.25) is 0 Å². The highest BCUT2D eigenvalue weighted by atomic mass is 32.2. The molecule has 1 saturated heterocycles. The van der Waals surface area contributed by atoms with E-state index in [1.165, 1.54) is 19.3 Å². The number of nitrogens with one attached hydrogen (secondary N) is 1. The van der Waals surface area contributed by atoms with E-state index in [1.54, 1.807) is 0 Å². The topological polar surface area (TPSA) is 46.2 Å². The van der Waals surface area contributed by atoms with Crippen LogP contribution < -0.4 is 5.32 Å². The van der Waals surface area contributed by atoms with Crippen LogP contribution in [0, 0.1) is 5.92 Å². The Morgan fingerprint density at radius 1 is 1.33 bits per heavy atom. The van der Waals surface area contributed by atoms with Crippen LogP contribution in [-0.4, -0.2) is 32.0 Å². The lowest BCUT2D eigenvalue weighted by atomic mass is 10.1. The molecule has 2 rings (SSSR count). The summed E-state index contributed by atoms with van der Waals surface area (Å²) in [6.07, 6.45) is 5.66. The molecule has 1 aliphatic heterocycles. The smallest absolute Gasteiger partial charge is 0.154 e. The predicted molar refractivity (Wildman–Crippen MR) is 61.6 cm³/mol. The van der Waals surface area contributed by atoms with Crippen LogP contribution in [0.1, 0.15) is 39.0 Å². The van der Waals surface area contributed by atoms with E-state index >= 15 is 0 Å². The van der Waals surface area contributed by atoms with Gasteiger partial charge in [0.15, 0.2) is 9.84 Å². The molecule has 1 N–H and O–H groups in total. The minimum atomic E-state index is -2.76. The first-order chi connectivity index (χ1) is 7.08. The van der Waals surface area contributed by atoms with Crippen LogP contribution in [0.25, 0.3) is 0 Å². The Kier molecular flexibility index (Phi) is 3.36. The Labute approximate surface area is 92.6 Å². The highest BCUT2D eigenvalue weighted by Crippen LogP contribution is 2.33. The second-order valence-corrected chi connectivity index (χ2v) is 7.52. The van der Waals surface area contributed by atoms with Gasteiger partial charge in [0, 0.05) is 12.6 Å². The molecule has 88 valence electrons. The Morgan fingerprint density at radius 2 is 2.07 bits per heavy atom. The summed E-state index contributed by atoms with van der Waals surface area (Å²) in [7, 11) is -2.76. The van der Waals surface area contributed by atoms with Gasteiger partial charge in [0.25, 0.3) is 0 Å². The Morgan fingerprint density at radius 3 is 2.60 bits per heavy atom. The van der Waals surface area contributed by atoms with Crippen LogP contribution in [0.5, 0.6) is 0 Å². The Balaban J connectivity index is 1.72. The van der Waals surface area contributed by atoms with Crippen LogP contribution in [0.4, 0.5) is 0 Å². The van der Waals surface area contributed by atoms with Crippen molar-refractivity contribution >= 4 is 9.84 Å². The van der Waals surface area contributed by atoms with Crippen molar-refractivity contribution in [2.45, 2.75) is 50.3 Å². The Bertz CT molecular complexity index is 309. The third-order valence-corrected chi connectivity index (χ3v) is 5.82. The van der Waals surface area contributed by atoms with E-state index in [2.05, 4.69) is 12.2 Å². The number of hydrogen-bond acceptors (Lipinski definition) is 3. The molecule has 0 spiro atoms. The zero-order valence-corrected chi connectivity index (χ0v) is 10.2. The van der Waals surface area contributed by atoms with E-state index in [-0.39, 0.29) is 5.25 Å². The van der Waals surface area contributed by atoms with Crippen LogP contribution >= 0.6 is 0 Å². The van der Waals surface area contributed by atoms with Crippen molar-refractivity contribution < 1.29 is 8.42 Å². The van der Waals surface area contributed by atoms with E-state index in [0.29, 0.717) is 18.3 Å². The molecule has 1 aliphatic carbocycles. The van der Waals surface area contributed by atoms with Crippen molar-refractivity contribution in [3.05, 3.63) is 0 Å². The summed E-state index contributed by atoms with van der Waals surface area (Å²) < 4.78 is 23.1. The number of sulfone groups is 1. The quantitative estimate of drug-likeness (QED) is 0.776. The first-order valence-corrected chi connectivity index (χ1v) is 7.74. The van der Waals surface area contributed by atoms with E-state index in [1.807, 2.05) is 0 Å². The zero-order valence-electron chi connectivity index (χ0n) is 9.41. The fourth-order valence-corrected chi connectivity index (χ4v) is 4.14. The van der Waals surface area contributed by atoms with Crippen molar-refractivity contribution in [1.29, 1.82) is 0 Å². The molecule has 0 aromatic rings. The molecule has 1 heterocycles. The maximum Gasteiger partial charge on any atom is 0.154 e. The van der Waals surface area contributed by atoms with Crippen molar-refractivity contribution in [1.82, 2.24) is 5.32 Å². The van der Waals surface area contributed by atoms with Crippen LogP contribution in [0.15, 0.2) is 0 Å². The van der Waals surface area contributed by atoms with E-state index < -0.39 is 9.84 Å². The van der Waals surface area contributed by atoms with Crippen molar-refractivity contribution in [3.8, 4) is 0 Å². The molecular weight excluding hydrogens is 210 g/mol.